The van der Waals surface area contributed by atoms with Crippen LogP contribution in [-0.4, -0.2) is 19.6 Å². The van der Waals surface area contributed by atoms with Crippen molar-refractivity contribution in [1.29, 1.82) is 0 Å². The van der Waals surface area contributed by atoms with Crippen molar-refractivity contribution in [3.8, 4) is 5.75 Å². The lowest BCUT2D eigenvalue weighted by Gasteiger charge is -2.17. The summed E-state index contributed by atoms with van der Waals surface area (Å²) >= 11 is 0. The van der Waals surface area contributed by atoms with E-state index in [4.69, 9.17) is 4.74 Å². The number of hydrogen-bond donors (Lipinski definition) is 0. The van der Waals surface area contributed by atoms with Crippen molar-refractivity contribution < 1.29 is 9.53 Å². The first kappa shape index (κ1) is 14.6. The third-order valence-electron chi connectivity index (χ3n) is 3.18. The number of methoxy groups -OCH3 is 1. The highest BCUT2D eigenvalue weighted by atomic mass is 16.5. The van der Waals surface area contributed by atoms with Crippen LogP contribution in [0.4, 0.5) is 5.69 Å². The molecule has 100 valence electrons. The topological polar surface area (TPSA) is 29.5 Å². The van der Waals surface area contributed by atoms with Gasteiger partial charge in [0, 0.05) is 24.2 Å². The molecule has 1 unspecified atom stereocenters. The average Bonchev–Trinajstić information content (AvgIpc) is 2.73. The van der Waals surface area contributed by atoms with Crippen LogP contribution in [0.1, 0.15) is 32.8 Å². The van der Waals surface area contributed by atoms with Crippen molar-refractivity contribution in [1.82, 2.24) is 0 Å². The molecule has 1 aromatic carbocycles. The van der Waals surface area contributed by atoms with E-state index in [2.05, 4.69) is 0 Å². The van der Waals surface area contributed by atoms with Crippen LogP contribution < -0.4 is 9.64 Å². The van der Waals surface area contributed by atoms with Crippen LogP contribution in [0, 0.1) is 12.8 Å². The van der Waals surface area contributed by atoms with Crippen molar-refractivity contribution in [2.24, 2.45) is 5.92 Å². The standard InChI is InChI=1S/C13H17NO2.C2H6/c1-9-4-5-11(8-12(9)16-3)14-7-6-10(2)13(14)15;1-2/h4-5,8,10H,6-7H2,1-3H3;1-2H3. The molecular formula is C15H23NO2. The highest BCUT2D eigenvalue weighted by Gasteiger charge is 2.29. The Morgan fingerprint density at radius 1 is 1.33 bits per heavy atom. The van der Waals surface area contributed by atoms with Crippen LogP contribution in [0.15, 0.2) is 18.2 Å². The summed E-state index contributed by atoms with van der Waals surface area (Å²) in [5.74, 6) is 1.20. The maximum absolute atomic E-state index is 11.9. The average molecular weight is 249 g/mol. The number of nitrogens with zero attached hydrogens (tertiary/aromatic N) is 1. The zero-order chi connectivity index (χ0) is 13.7. The lowest BCUT2D eigenvalue weighted by atomic mass is 10.1. The van der Waals surface area contributed by atoms with Gasteiger partial charge in [-0.3, -0.25) is 4.79 Å². The number of hydrogen-bond acceptors (Lipinski definition) is 2. The number of carbonyl (C=O) groups is 1. The highest BCUT2D eigenvalue weighted by molar-refractivity contribution is 5.97. The normalized spacial score (nSPS) is 18.4. The number of ether oxygens (including phenoxy) is 1. The Kier molecular flexibility index (Phi) is 5.20. The van der Waals surface area contributed by atoms with Gasteiger partial charge in [0.1, 0.15) is 5.75 Å². The molecule has 1 heterocycles. The molecule has 0 aromatic heterocycles. The first-order valence-electron chi connectivity index (χ1n) is 6.59. The Labute approximate surface area is 110 Å². The van der Waals surface area contributed by atoms with Crippen molar-refractivity contribution in [2.75, 3.05) is 18.6 Å². The fraction of sp³-hybridized carbons (Fsp3) is 0.533. The van der Waals surface area contributed by atoms with E-state index >= 15 is 0 Å². The third kappa shape index (κ3) is 2.84. The summed E-state index contributed by atoms with van der Waals surface area (Å²) < 4.78 is 5.27. The summed E-state index contributed by atoms with van der Waals surface area (Å²) in [5.41, 5.74) is 2.03. The minimum atomic E-state index is 0.146. The summed E-state index contributed by atoms with van der Waals surface area (Å²) in [6.07, 6.45) is 0.940. The number of amides is 1. The van der Waals surface area contributed by atoms with Gasteiger partial charge in [0.25, 0.3) is 0 Å². The van der Waals surface area contributed by atoms with E-state index in [0.717, 1.165) is 30.0 Å². The second-order valence-electron chi connectivity index (χ2n) is 4.33. The number of rotatable bonds is 2. The van der Waals surface area contributed by atoms with Gasteiger partial charge < -0.3 is 9.64 Å². The summed E-state index contributed by atoms with van der Waals surface area (Å²) in [4.78, 5) is 13.7. The Morgan fingerprint density at radius 2 is 2.00 bits per heavy atom. The van der Waals surface area contributed by atoms with Gasteiger partial charge in [-0.1, -0.05) is 26.8 Å². The smallest absolute Gasteiger partial charge is 0.229 e. The van der Waals surface area contributed by atoms with E-state index in [1.165, 1.54) is 0 Å². The molecule has 0 N–H and O–H groups in total. The van der Waals surface area contributed by atoms with E-state index in [1.54, 1.807) is 7.11 Å². The van der Waals surface area contributed by atoms with Gasteiger partial charge >= 0.3 is 0 Å². The fourth-order valence-corrected chi connectivity index (χ4v) is 2.06. The molecule has 0 aliphatic carbocycles. The molecule has 1 atom stereocenters. The third-order valence-corrected chi connectivity index (χ3v) is 3.18. The number of benzene rings is 1. The molecule has 1 aliphatic heterocycles. The van der Waals surface area contributed by atoms with Crippen LogP contribution in [0.3, 0.4) is 0 Å². The largest absolute Gasteiger partial charge is 0.496 e. The Morgan fingerprint density at radius 3 is 2.50 bits per heavy atom. The second kappa shape index (κ2) is 6.43. The van der Waals surface area contributed by atoms with E-state index in [0.29, 0.717) is 0 Å². The maximum Gasteiger partial charge on any atom is 0.229 e. The van der Waals surface area contributed by atoms with Crippen molar-refractivity contribution in [3.63, 3.8) is 0 Å². The van der Waals surface area contributed by atoms with Crippen LogP contribution >= 0.6 is 0 Å². The van der Waals surface area contributed by atoms with E-state index in [1.807, 2.05) is 50.8 Å². The molecule has 1 amide bonds. The van der Waals surface area contributed by atoms with Gasteiger partial charge in [0.15, 0.2) is 0 Å². The van der Waals surface area contributed by atoms with Crippen molar-refractivity contribution >= 4 is 11.6 Å². The Bertz CT molecular complexity index is 415. The van der Waals surface area contributed by atoms with Crippen molar-refractivity contribution in [2.45, 2.75) is 34.1 Å². The van der Waals surface area contributed by atoms with Crippen LogP contribution in [0.25, 0.3) is 0 Å². The highest BCUT2D eigenvalue weighted by Crippen LogP contribution is 2.29. The predicted molar refractivity (Wildman–Crippen MR) is 75.2 cm³/mol. The molecule has 1 saturated heterocycles. The van der Waals surface area contributed by atoms with Gasteiger partial charge in [-0.15, -0.1) is 0 Å². The summed E-state index contributed by atoms with van der Waals surface area (Å²) in [6, 6.07) is 5.91. The molecule has 2 rings (SSSR count). The number of anilines is 1. The summed E-state index contributed by atoms with van der Waals surface area (Å²) in [5, 5.41) is 0. The van der Waals surface area contributed by atoms with Gasteiger partial charge in [0.05, 0.1) is 7.11 Å². The predicted octanol–water partition coefficient (Wildman–Crippen LogP) is 3.40. The Hall–Kier alpha value is -1.51. The molecule has 0 bridgehead atoms. The van der Waals surface area contributed by atoms with Crippen LogP contribution in [0.5, 0.6) is 5.75 Å². The SMILES string of the molecule is CC.COc1cc(N2CCC(C)C2=O)ccc1C. The zero-order valence-electron chi connectivity index (χ0n) is 12.0. The molecule has 3 nitrogen and oxygen atoms in total. The molecular weight excluding hydrogens is 226 g/mol. The molecule has 0 spiro atoms. The first-order valence-corrected chi connectivity index (χ1v) is 6.59. The summed E-state index contributed by atoms with van der Waals surface area (Å²) in [6.45, 7) is 8.79. The maximum atomic E-state index is 11.9. The molecule has 1 fully saturated rings. The number of carbonyl (C=O) groups excluding carboxylic acids is 1. The second-order valence-corrected chi connectivity index (χ2v) is 4.33. The van der Waals surface area contributed by atoms with Gasteiger partial charge in [-0.05, 0) is 25.0 Å². The molecule has 0 saturated carbocycles. The quantitative estimate of drug-likeness (QED) is 0.804. The fourth-order valence-electron chi connectivity index (χ4n) is 2.06. The van der Waals surface area contributed by atoms with Crippen LogP contribution in [0.2, 0.25) is 0 Å². The minimum absolute atomic E-state index is 0.146. The first-order chi connectivity index (χ1) is 8.63. The van der Waals surface area contributed by atoms with Gasteiger partial charge in [0.2, 0.25) is 5.91 Å². The van der Waals surface area contributed by atoms with Gasteiger partial charge in [-0.2, -0.15) is 0 Å². The van der Waals surface area contributed by atoms with E-state index in [9.17, 15) is 4.79 Å². The van der Waals surface area contributed by atoms with Gasteiger partial charge in [-0.25, -0.2) is 0 Å². The lowest BCUT2D eigenvalue weighted by Crippen LogP contribution is -2.26. The number of aryl methyl sites for hydroxylation is 1. The molecule has 0 radical (unpaired) electrons. The van der Waals surface area contributed by atoms with E-state index < -0.39 is 0 Å². The monoisotopic (exact) mass is 249 g/mol. The van der Waals surface area contributed by atoms with E-state index in [-0.39, 0.29) is 11.8 Å². The molecule has 1 aliphatic rings. The Balaban J connectivity index is 0.000000771. The zero-order valence-corrected chi connectivity index (χ0v) is 12.0. The summed E-state index contributed by atoms with van der Waals surface area (Å²) in [7, 11) is 1.65. The molecule has 18 heavy (non-hydrogen) atoms. The minimum Gasteiger partial charge on any atom is -0.496 e. The molecule has 3 heteroatoms. The van der Waals surface area contributed by atoms with Crippen molar-refractivity contribution in [3.05, 3.63) is 23.8 Å². The van der Waals surface area contributed by atoms with Crippen LogP contribution in [-0.2, 0) is 4.79 Å². The molecule has 1 aromatic rings. The lowest BCUT2D eigenvalue weighted by molar-refractivity contribution is -0.119.